The van der Waals surface area contributed by atoms with Gasteiger partial charge in [-0.3, -0.25) is 0 Å². The van der Waals surface area contributed by atoms with Gasteiger partial charge in [0.2, 0.25) is 5.82 Å². The number of hydrogen-bond donors (Lipinski definition) is 0. The number of halogens is 3. The average Bonchev–Trinajstić information content (AvgIpc) is 1.99. The van der Waals surface area contributed by atoms with E-state index in [-0.39, 0.29) is 5.41 Å². The van der Waals surface area contributed by atoms with Crippen LogP contribution < -0.4 is 0 Å². The van der Waals surface area contributed by atoms with Crippen LogP contribution in [0.2, 0.25) is 0 Å². The van der Waals surface area contributed by atoms with Gasteiger partial charge in [-0.2, -0.15) is 13.2 Å². The van der Waals surface area contributed by atoms with Crippen molar-refractivity contribution >= 4 is 0 Å². The molecule has 1 heterocycles. The zero-order chi connectivity index (χ0) is 11.9. The summed E-state index contributed by atoms with van der Waals surface area (Å²) in [5.41, 5.74) is 0.870. The summed E-state index contributed by atoms with van der Waals surface area (Å²) in [5, 5.41) is 0. The Hall–Kier alpha value is -1.13. The van der Waals surface area contributed by atoms with Crippen molar-refractivity contribution in [3.8, 4) is 0 Å². The molecule has 0 radical (unpaired) electrons. The summed E-state index contributed by atoms with van der Waals surface area (Å²) in [6.45, 7) is 7.29. The van der Waals surface area contributed by atoms with Gasteiger partial charge < -0.3 is 0 Å². The van der Waals surface area contributed by atoms with Crippen LogP contribution in [0.15, 0.2) is 6.20 Å². The topological polar surface area (TPSA) is 25.8 Å². The predicted molar refractivity (Wildman–Crippen MR) is 50.5 cm³/mol. The molecule has 1 rings (SSSR count). The third-order valence-electron chi connectivity index (χ3n) is 2.04. The molecule has 2 nitrogen and oxygen atoms in total. The number of nitrogens with zero attached hydrogens (tertiary/aromatic N) is 2. The Morgan fingerprint density at radius 3 is 2.00 bits per heavy atom. The van der Waals surface area contributed by atoms with Gasteiger partial charge >= 0.3 is 6.18 Å². The maximum Gasteiger partial charge on any atom is 0.451 e. The highest BCUT2D eigenvalue weighted by atomic mass is 19.4. The minimum atomic E-state index is -4.47. The molecule has 0 unspecified atom stereocenters. The monoisotopic (exact) mass is 218 g/mol. The first-order valence-corrected chi connectivity index (χ1v) is 4.53. The average molecular weight is 218 g/mol. The van der Waals surface area contributed by atoms with Crippen LogP contribution in [0.5, 0.6) is 0 Å². The summed E-state index contributed by atoms with van der Waals surface area (Å²) in [7, 11) is 0. The SMILES string of the molecule is Cc1nc(C(F)(F)F)ncc1C(C)(C)C. The highest BCUT2D eigenvalue weighted by Gasteiger charge is 2.35. The summed E-state index contributed by atoms with van der Waals surface area (Å²) in [6, 6.07) is 0. The van der Waals surface area contributed by atoms with Crippen molar-refractivity contribution in [2.45, 2.75) is 39.3 Å². The zero-order valence-corrected chi connectivity index (χ0v) is 9.11. The second kappa shape index (κ2) is 3.47. The van der Waals surface area contributed by atoms with E-state index in [2.05, 4.69) is 9.97 Å². The van der Waals surface area contributed by atoms with Crippen LogP contribution >= 0.6 is 0 Å². The van der Waals surface area contributed by atoms with Gasteiger partial charge in [-0.15, -0.1) is 0 Å². The lowest BCUT2D eigenvalue weighted by Crippen LogP contribution is -2.18. The molecule has 0 saturated carbocycles. The van der Waals surface area contributed by atoms with Gasteiger partial charge in [-0.25, -0.2) is 9.97 Å². The van der Waals surface area contributed by atoms with Crippen molar-refractivity contribution in [1.82, 2.24) is 9.97 Å². The maximum atomic E-state index is 12.3. The predicted octanol–water partition coefficient (Wildman–Crippen LogP) is 3.10. The summed E-state index contributed by atoms with van der Waals surface area (Å²) < 4.78 is 36.8. The van der Waals surface area contributed by atoms with Gasteiger partial charge in [0.15, 0.2) is 0 Å². The van der Waals surface area contributed by atoms with Crippen molar-refractivity contribution in [1.29, 1.82) is 0 Å². The molecule has 15 heavy (non-hydrogen) atoms. The van der Waals surface area contributed by atoms with Crippen LogP contribution in [0.4, 0.5) is 13.2 Å². The zero-order valence-electron chi connectivity index (χ0n) is 9.11. The fourth-order valence-corrected chi connectivity index (χ4v) is 1.34. The Bertz CT molecular complexity index is 364. The standard InChI is InChI=1S/C10H13F3N2/c1-6-7(9(2,3)4)5-14-8(15-6)10(11,12)13/h5H,1-4H3. The lowest BCUT2D eigenvalue weighted by atomic mass is 9.87. The molecule has 0 bridgehead atoms. The van der Waals surface area contributed by atoms with E-state index < -0.39 is 12.0 Å². The van der Waals surface area contributed by atoms with Crippen molar-refractivity contribution in [3.63, 3.8) is 0 Å². The first kappa shape index (κ1) is 11.9. The van der Waals surface area contributed by atoms with Gasteiger partial charge in [-0.05, 0) is 17.9 Å². The van der Waals surface area contributed by atoms with E-state index in [0.717, 1.165) is 5.56 Å². The highest BCUT2D eigenvalue weighted by molar-refractivity contribution is 5.24. The summed E-state index contributed by atoms with van der Waals surface area (Å²) in [5.74, 6) is -1.08. The lowest BCUT2D eigenvalue weighted by Gasteiger charge is -2.20. The Morgan fingerprint density at radius 1 is 1.13 bits per heavy atom. The van der Waals surface area contributed by atoms with Gasteiger partial charge in [0, 0.05) is 11.9 Å². The van der Waals surface area contributed by atoms with Crippen molar-refractivity contribution in [2.75, 3.05) is 0 Å². The molecular weight excluding hydrogens is 205 g/mol. The Balaban J connectivity index is 3.21. The van der Waals surface area contributed by atoms with E-state index in [1.165, 1.54) is 6.20 Å². The number of alkyl halides is 3. The minimum Gasteiger partial charge on any atom is -0.233 e. The van der Waals surface area contributed by atoms with Gasteiger partial charge in [0.25, 0.3) is 0 Å². The molecule has 0 atom stereocenters. The van der Waals surface area contributed by atoms with Crippen LogP contribution in [0, 0.1) is 6.92 Å². The highest BCUT2D eigenvalue weighted by Crippen LogP contribution is 2.29. The Kier molecular flexibility index (Phi) is 2.76. The molecule has 84 valence electrons. The fourth-order valence-electron chi connectivity index (χ4n) is 1.34. The molecule has 5 heteroatoms. The Morgan fingerprint density at radius 2 is 1.67 bits per heavy atom. The van der Waals surface area contributed by atoms with Gasteiger partial charge in [-0.1, -0.05) is 20.8 Å². The van der Waals surface area contributed by atoms with E-state index in [4.69, 9.17) is 0 Å². The second-order valence-electron chi connectivity index (χ2n) is 4.44. The van der Waals surface area contributed by atoms with Crippen LogP contribution in [-0.2, 0) is 11.6 Å². The number of aromatic nitrogens is 2. The van der Waals surface area contributed by atoms with Crippen LogP contribution in [0.3, 0.4) is 0 Å². The maximum absolute atomic E-state index is 12.3. The minimum absolute atomic E-state index is 0.242. The molecule has 1 aromatic rings. The molecule has 0 aromatic carbocycles. The number of aryl methyl sites for hydroxylation is 1. The molecule has 0 fully saturated rings. The Labute approximate surface area is 86.6 Å². The molecular formula is C10H13F3N2. The van der Waals surface area contributed by atoms with Crippen LogP contribution in [0.1, 0.15) is 37.9 Å². The molecule has 0 N–H and O–H groups in total. The van der Waals surface area contributed by atoms with Crippen LogP contribution in [0.25, 0.3) is 0 Å². The van der Waals surface area contributed by atoms with Gasteiger partial charge in [0.1, 0.15) is 0 Å². The van der Waals surface area contributed by atoms with Crippen LogP contribution in [-0.4, -0.2) is 9.97 Å². The van der Waals surface area contributed by atoms with E-state index >= 15 is 0 Å². The van der Waals surface area contributed by atoms with Crippen molar-refractivity contribution in [3.05, 3.63) is 23.3 Å². The molecule has 0 aliphatic carbocycles. The van der Waals surface area contributed by atoms with Crippen molar-refractivity contribution in [2.24, 2.45) is 0 Å². The van der Waals surface area contributed by atoms with E-state index in [1.807, 2.05) is 20.8 Å². The summed E-state index contributed by atoms with van der Waals surface area (Å²) in [4.78, 5) is 6.82. The number of hydrogen-bond acceptors (Lipinski definition) is 2. The normalized spacial score (nSPS) is 13.0. The third kappa shape index (κ3) is 2.67. The first-order valence-electron chi connectivity index (χ1n) is 4.53. The molecule has 0 aliphatic heterocycles. The second-order valence-corrected chi connectivity index (χ2v) is 4.44. The van der Waals surface area contributed by atoms with E-state index in [0.29, 0.717) is 5.69 Å². The van der Waals surface area contributed by atoms with Crippen molar-refractivity contribution < 1.29 is 13.2 Å². The first-order chi connectivity index (χ1) is 6.62. The smallest absolute Gasteiger partial charge is 0.233 e. The van der Waals surface area contributed by atoms with E-state index in [1.54, 1.807) is 6.92 Å². The quantitative estimate of drug-likeness (QED) is 0.668. The molecule has 0 spiro atoms. The van der Waals surface area contributed by atoms with Gasteiger partial charge in [0.05, 0.1) is 0 Å². The third-order valence-corrected chi connectivity index (χ3v) is 2.04. The molecule has 0 amide bonds. The fraction of sp³-hybridized carbons (Fsp3) is 0.600. The van der Waals surface area contributed by atoms with E-state index in [9.17, 15) is 13.2 Å². The molecule has 1 aromatic heterocycles. The molecule has 0 aliphatic rings. The number of rotatable bonds is 0. The molecule has 0 saturated heterocycles. The summed E-state index contributed by atoms with van der Waals surface area (Å²) >= 11 is 0. The lowest BCUT2D eigenvalue weighted by molar-refractivity contribution is -0.145. The largest absolute Gasteiger partial charge is 0.451 e. The summed E-state index contributed by atoms with van der Waals surface area (Å²) in [6.07, 6.45) is -3.22.